The van der Waals surface area contributed by atoms with E-state index in [9.17, 15) is 8.42 Å². The second-order valence-electron chi connectivity index (χ2n) is 5.35. The Morgan fingerprint density at radius 3 is 2.41 bits per heavy atom. The highest BCUT2D eigenvalue weighted by atomic mass is 32.2. The van der Waals surface area contributed by atoms with Crippen molar-refractivity contribution in [1.29, 1.82) is 0 Å². The summed E-state index contributed by atoms with van der Waals surface area (Å²) in [6.07, 6.45) is 0. The van der Waals surface area contributed by atoms with Gasteiger partial charge in [0.15, 0.2) is 0 Å². The van der Waals surface area contributed by atoms with E-state index in [0.29, 0.717) is 23.9 Å². The average Bonchev–Trinajstić information content (AvgIpc) is 3.06. The fourth-order valence-electron chi connectivity index (χ4n) is 2.19. The Morgan fingerprint density at radius 1 is 1.27 bits per heavy atom. The summed E-state index contributed by atoms with van der Waals surface area (Å²) < 4.78 is 26.9. The third kappa shape index (κ3) is 3.27. The molecule has 2 rings (SSSR count). The number of thiophene rings is 1. The van der Waals surface area contributed by atoms with Crippen LogP contribution in [-0.2, 0) is 10.0 Å². The minimum absolute atomic E-state index is 0.380. The van der Waals surface area contributed by atoms with E-state index in [0.717, 1.165) is 20.5 Å². The van der Waals surface area contributed by atoms with Crippen LogP contribution in [0.15, 0.2) is 16.3 Å². The molecule has 0 N–H and O–H groups in total. The summed E-state index contributed by atoms with van der Waals surface area (Å²) in [6.45, 7) is 10.8. The van der Waals surface area contributed by atoms with E-state index in [1.165, 1.54) is 15.6 Å². The Morgan fingerprint density at radius 2 is 1.91 bits per heavy atom. The van der Waals surface area contributed by atoms with Gasteiger partial charge in [-0.15, -0.1) is 22.7 Å². The number of rotatable bonds is 6. The summed E-state index contributed by atoms with van der Waals surface area (Å²) in [6, 6.07) is 1.77. The van der Waals surface area contributed by atoms with Crippen LogP contribution in [0.25, 0.3) is 9.88 Å². The van der Waals surface area contributed by atoms with Gasteiger partial charge in [0.25, 0.3) is 0 Å². The van der Waals surface area contributed by atoms with Gasteiger partial charge in [-0.1, -0.05) is 27.7 Å². The molecule has 0 saturated heterocycles. The van der Waals surface area contributed by atoms with Gasteiger partial charge in [0.1, 0.15) is 5.01 Å². The lowest BCUT2D eigenvalue weighted by atomic mass is 10.2. The van der Waals surface area contributed by atoms with Crippen molar-refractivity contribution in [2.45, 2.75) is 45.4 Å². The summed E-state index contributed by atoms with van der Waals surface area (Å²) >= 11 is 3.07. The van der Waals surface area contributed by atoms with E-state index in [1.54, 1.807) is 17.4 Å². The zero-order valence-corrected chi connectivity index (χ0v) is 16.0. The van der Waals surface area contributed by atoms with Crippen molar-refractivity contribution in [1.82, 2.24) is 9.29 Å². The van der Waals surface area contributed by atoms with Crippen LogP contribution >= 0.6 is 22.7 Å². The van der Waals surface area contributed by atoms with Crippen molar-refractivity contribution in [2.24, 2.45) is 0 Å². The lowest BCUT2D eigenvalue weighted by Gasteiger charge is -2.17. The monoisotopic (exact) mass is 358 g/mol. The van der Waals surface area contributed by atoms with Gasteiger partial charge in [-0.05, 0) is 18.9 Å². The van der Waals surface area contributed by atoms with Crippen LogP contribution in [0.3, 0.4) is 0 Å². The van der Waals surface area contributed by atoms with Crippen LogP contribution < -0.4 is 0 Å². The molecule has 0 radical (unpaired) electrons. The van der Waals surface area contributed by atoms with E-state index in [4.69, 9.17) is 0 Å². The maximum atomic E-state index is 12.7. The van der Waals surface area contributed by atoms with E-state index in [1.807, 2.05) is 26.2 Å². The molecule has 0 aromatic carbocycles. The second kappa shape index (κ2) is 6.78. The molecule has 4 nitrogen and oxygen atoms in total. The van der Waals surface area contributed by atoms with Gasteiger partial charge in [-0.2, -0.15) is 4.31 Å². The number of aromatic nitrogens is 1. The highest BCUT2D eigenvalue weighted by molar-refractivity contribution is 7.89. The maximum Gasteiger partial charge on any atom is 0.244 e. The normalized spacial score (nSPS) is 12.5. The first-order valence-corrected chi connectivity index (χ1v) is 10.5. The smallest absolute Gasteiger partial charge is 0.240 e. The quantitative estimate of drug-likeness (QED) is 0.772. The van der Waals surface area contributed by atoms with Gasteiger partial charge >= 0.3 is 0 Å². The Labute approximate surface area is 140 Å². The maximum absolute atomic E-state index is 12.7. The summed E-state index contributed by atoms with van der Waals surface area (Å²) in [4.78, 5) is 6.79. The molecule has 122 valence electrons. The van der Waals surface area contributed by atoms with E-state index >= 15 is 0 Å². The minimum atomic E-state index is -3.41. The topological polar surface area (TPSA) is 50.3 Å². The molecule has 0 aliphatic rings. The van der Waals surface area contributed by atoms with Gasteiger partial charge in [-0.3, -0.25) is 0 Å². The molecule has 0 fully saturated rings. The fraction of sp³-hybridized carbons (Fsp3) is 0.533. The lowest BCUT2D eigenvalue weighted by molar-refractivity contribution is 0.445. The van der Waals surface area contributed by atoms with E-state index in [2.05, 4.69) is 18.8 Å². The third-order valence-electron chi connectivity index (χ3n) is 3.52. The molecule has 0 amide bonds. The molecular weight excluding hydrogens is 336 g/mol. The summed E-state index contributed by atoms with van der Waals surface area (Å²) in [5.74, 6) is 0.380. The number of hydrogen-bond acceptors (Lipinski definition) is 5. The predicted molar refractivity (Wildman–Crippen MR) is 94.4 cm³/mol. The Balaban J connectivity index is 2.43. The number of nitrogens with zero attached hydrogens (tertiary/aromatic N) is 2. The molecule has 7 heteroatoms. The molecule has 22 heavy (non-hydrogen) atoms. The minimum Gasteiger partial charge on any atom is -0.240 e. The first-order valence-electron chi connectivity index (χ1n) is 7.37. The van der Waals surface area contributed by atoms with Crippen LogP contribution in [0.4, 0.5) is 0 Å². The molecular formula is C15H22N2O2S3. The fourth-order valence-corrected chi connectivity index (χ4v) is 6.26. The van der Waals surface area contributed by atoms with Crippen LogP contribution in [0.2, 0.25) is 0 Å². The van der Waals surface area contributed by atoms with Gasteiger partial charge in [0.05, 0.1) is 15.5 Å². The molecule has 0 bridgehead atoms. The Bertz CT molecular complexity index is 741. The number of sulfonamides is 1. The van der Waals surface area contributed by atoms with Crippen molar-refractivity contribution in [3.8, 4) is 9.88 Å². The molecule has 0 saturated carbocycles. The molecule has 0 atom stereocenters. The summed E-state index contributed by atoms with van der Waals surface area (Å²) in [7, 11) is -3.41. The van der Waals surface area contributed by atoms with Crippen molar-refractivity contribution in [3.63, 3.8) is 0 Å². The molecule has 0 unspecified atom stereocenters. The molecule has 2 aromatic heterocycles. The Kier molecular flexibility index (Phi) is 5.42. The van der Waals surface area contributed by atoms with E-state index < -0.39 is 10.0 Å². The SMILES string of the molecule is CCN(CC)S(=O)(=O)c1cc(-c2nc(C(C)C)cs2)sc1C. The second-order valence-corrected chi connectivity index (χ2v) is 9.37. The van der Waals surface area contributed by atoms with E-state index in [-0.39, 0.29) is 0 Å². The van der Waals surface area contributed by atoms with Crippen LogP contribution in [0.1, 0.15) is 44.2 Å². The zero-order valence-electron chi connectivity index (χ0n) is 13.6. The largest absolute Gasteiger partial charge is 0.244 e. The van der Waals surface area contributed by atoms with Crippen molar-refractivity contribution >= 4 is 32.7 Å². The van der Waals surface area contributed by atoms with Crippen molar-refractivity contribution in [2.75, 3.05) is 13.1 Å². The first kappa shape index (κ1) is 17.6. The van der Waals surface area contributed by atoms with Crippen molar-refractivity contribution < 1.29 is 8.42 Å². The van der Waals surface area contributed by atoms with Gasteiger partial charge in [0, 0.05) is 23.3 Å². The van der Waals surface area contributed by atoms with Gasteiger partial charge < -0.3 is 0 Å². The first-order chi connectivity index (χ1) is 10.3. The van der Waals surface area contributed by atoms with Crippen molar-refractivity contribution in [3.05, 3.63) is 22.0 Å². The third-order valence-corrected chi connectivity index (χ3v) is 7.91. The zero-order chi connectivity index (χ0) is 16.5. The molecule has 0 aliphatic heterocycles. The lowest BCUT2D eigenvalue weighted by Crippen LogP contribution is -2.30. The molecule has 0 spiro atoms. The predicted octanol–water partition coefficient (Wildman–Crippen LogP) is 4.33. The average molecular weight is 359 g/mol. The summed E-state index contributed by atoms with van der Waals surface area (Å²) in [5.41, 5.74) is 1.05. The molecule has 0 aliphatic carbocycles. The highest BCUT2D eigenvalue weighted by Crippen LogP contribution is 2.37. The van der Waals surface area contributed by atoms with Crippen LogP contribution in [0, 0.1) is 6.92 Å². The van der Waals surface area contributed by atoms with Gasteiger partial charge in [-0.25, -0.2) is 13.4 Å². The van der Waals surface area contributed by atoms with Crippen LogP contribution in [0.5, 0.6) is 0 Å². The number of aryl methyl sites for hydroxylation is 1. The number of hydrogen-bond donors (Lipinski definition) is 0. The molecule has 2 heterocycles. The highest BCUT2D eigenvalue weighted by Gasteiger charge is 2.26. The standard InChI is InChI=1S/C15H22N2O2S3/c1-6-17(7-2)22(18,19)14-8-13(21-11(14)5)15-16-12(9-20-15)10(3)4/h8-10H,6-7H2,1-5H3. The molecule has 2 aromatic rings. The Hall–Kier alpha value is -0.760. The van der Waals surface area contributed by atoms with Gasteiger partial charge in [0.2, 0.25) is 10.0 Å². The van der Waals surface area contributed by atoms with Crippen LogP contribution in [-0.4, -0.2) is 30.8 Å². The number of thiazole rings is 1. The summed E-state index contributed by atoms with van der Waals surface area (Å²) in [5, 5.41) is 2.95.